The fourth-order valence-corrected chi connectivity index (χ4v) is 2.10. The van der Waals surface area contributed by atoms with Crippen LogP contribution in [0.4, 0.5) is 0 Å². The Kier molecular flexibility index (Phi) is 5.01. The van der Waals surface area contributed by atoms with Crippen molar-refractivity contribution in [2.45, 2.75) is 13.0 Å². The minimum atomic E-state index is -0.996. The Bertz CT molecular complexity index is 650. The summed E-state index contributed by atoms with van der Waals surface area (Å²) in [6.45, 7) is 1.95. The maximum absolute atomic E-state index is 10.5. The molecular formula is C17H15ClO3. The maximum atomic E-state index is 10.5. The summed E-state index contributed by atoms with van der Waals surface area (Å²) in [5.74, 6) is -0.426. The molecule has 4 heteroatoms. The van der Waals surface area contributed by atoms with Crippen LogP contribution in [-0.4, -0.2) is 11.1 Å². The molecule has 0 radical (unpaired) electrons. The monoisotopic (exact) mass is 302 g/mol. The first kappa shape index (κ1) is 15.1. The molecule has 0 fully saturated rings. The van der Waals surface area contributed by atoms with Crippen LogP contribution in [0.2, 0.25) is 5.02 Å². The summed E-state index contributed by atoms with van der Waals surface area (Å²) in [5.41, 5.74) is 1.77. The van der Waals surface area contributed by atoms with Gasteiger partial charge in [0.05, 0.1) is 5.02 Å². The molecule has 2 aromatic rings. The fourth-order valence-electron chi connectivity index (χ4n) is 1.87. The SMILES string of the molecule is CC(Oc1ccc(C=CC(=O)O)cc1Cl)c1ccccc1. The van der Waals surface area contributed by atoms with Gasteiger partial charge in [-0.25, -0.2) is 4.79 Å². The smallest absolute Gasteiger partial charge is 0.328 e. The van der Waals surface area contributed by atoms with Crippen molar-refractivity contribution in [2.75, 3.05) is 0 Å². The summed E-state index contributed by atoms with van der Waals surface area (Å²) in [6, 6.07) is 15.0. The highest BCUT2D eigenvalue weighted by atomic mass is 35.5. The zero-order valence-corrected chi connectivity index (χ0v) is 12.2. The second kappa shape index (κ2) is 6.95. The number of aliphatic carboxylic acids is 1. The fraction of sp³-hybridized carbons (Fsp3) is 0.118. The Hall–Kier alpha value is -2.26. The first-order valence-electron chi connectivity index (χ1n) is 6.48. The van der Waals surface area contributed by atoms with Gasteiger partial charge in [-0.05, 0) is 36.3 Å². The average Bonchev–Trinajstić information content (AvgIpc) is 2.48. The van der Waals surface area contributed by atoms with E-state index < -0.39 is 5.97 Å². The third-order valence-corrected chi connectivity index (χ3v) is 3.24. The number of halogens is 1. The van der Waals surface area contributed by atoms with Crippen LogP contribution >= 0.6 is 11.6 Å². The largest absolute Gasteiger partial charge is 0.484 e. The van der Waals surface area contributed by atoms with E-state index in [0.29, 0.717) is 16.3 Å². The number of carboxylic acids is 1. The molecule has 21 heavy (non-hydrogen) atoms. The minimum absolute atomic E-state index is 0.121. The normalized spacial score (nSPS) is 12.3. The van der Waals surface area contributed by atoms with E-state index in [1.54, 1.807) is 18.2 Å². The lowest BCUT2D eigenvalue weighted by molar-refractivity contribution is -0.131. The topological polar surface area (TPSA) is 46.5 Å². The molecular weight excluding hydrogens is 288 g/mol. The summed E-state index contributed by atoms with van der Waals surface area (Å²) in [7, 11) is 0. The number of hydrogen-bond acceptors (Lipinski definition) is 2. The van der Waals surface area contributed by atoms with Crippen LogP contribution in [0.25, 0.3) is 6.08 Å². The van der Waals surface area contributed by atoms with E-state index in [0.717, 1.165) is 11.6 Å². The van der Waals surface area contributed by atoms with E-state index in [9.17, 15) is 4.79 Å². The molecule has 0 aromatic heterocycles. The highest BCUT2D eigenvalue weighted by molar-refractivity contribution is 6.32. The van der Waals surface area contributed by atoms with Gasteiger partial charge in [-0.1, -0.05) is 48.0 Å². The maximum Gasteiger partial charge on any atom is 0.328 e. The van der Waals surface area contributed by atoms with Gasteiger partial charge in [-0.2, -0.15) is 0 Å². The summed E-state index contributed by atoms with van der Waals surface area (Å²) >= 11 is 6.17. The number of benzene rings is 2. The van der Waals surface area contributed by atoms with Crippen molar-refractivity contribution in [3.05, 3.63) is 70.8 Å². The zero-order valence-electron chi connectivity index (χ0n) is 11.5. The molecule has 1 atom stereocenters. The Balaban J connectivity index is 2.13. The Morgan fingerprint density at radius 3 is 2.57 bits per heavy atom. The highest BCUT2D eigenvalue weighted by Gasteiger charge is 2.09. The summed E-state index contributed by atoms with van der Waals surface area (Å²) in [4.78, 5) is 10.5. The molecule has 0 saturated heterocycles. The first-order chi connectivity index (χ1) is 10.1. The van der Waals surface area contributed by atoms with Crippen molar-refractivity contribution in [1.82, 2.24) is 0 Å². The lowest BCUT2D eigenvalue weighted by Crippen LogP contribution is -2.03. The molecule has 0 aliphatic rings. The molecule has 0 bridgehead atoms. The molecule has 0 saturated carbocycles. The quantitative estimate of drug-likeness (QED) is 0.822. The standard InChI is InChI=1S/C17H15ClO3/c1-12(14-5-3-2-4-6-14)21-16-9-7-13(11-15(16)18)8-10-17(19)20/h2-12H,1H3,(H,19,20). The number of carbonyl (C=O) groups is 1. The van der Waals surface area contributed by atoms with Gasteiger partial charge >= 0.3 is 5.97 Å². The highest BCUT2D eigenvalue weighted by Crippen LogP contribution is 2.30. The second-order valence-corrected chi connectivity index (χ2v) is 4.94. The lowest BCUT2D eigenvalue weighted by Gasteiger charge is -2.16. The van der Waals surface area contributed by atoms with E-state index >= 15 is 0 Å². The van der Waals surface area contributed by atoms with Crippen LogP contribution in [0.1, 0.15) is 24.2 Å². The molecule has 2 aromatic carbocycles. The molecule has 0 aliphatic heterocycles. The van der Waals surface area contributed by atoms with Gasteiger partial charge in [0.15, 0.2) is 0 Å². The van der Waals surface area contributed by atoms with Gasteiger partial charge in [0.1, 0.15) is 11.9 Å². The van der Waals surface area contributed by atoms with Crippen LogP contribution in [0, 0.1) is 0 Å². The van der Waals surface area contributed by atoms with Crippen LogP contribution in [0.3, 0.4) is 0 Å². The van der Waals surface area contributed by atoms with Crippen LogP contribution in [0.5, 0.6) is 5.75 Å². The summed E-state index contributed by atoms with van der Waals surface area (Å²) < 4.78 is 5.84. The van der Waals surface area contributed by atoms with Crippen molar-refractivity contribution in [2.24, 2.45) is 0 Å². The van der Waals surface area contributed by atoms with E-state index in [1.165, 1.54) is 6.08 Å². The third-order valence-electron chi connectivity index (χ3n) is 2.95. The first-order valence-corrected chi connectivity index (χ1v) is 6.86. The van der Waals surface area contributed by atoms with Gasteiger partial charge < -0.3 is 9.84 Å². The Morgan fingerprint density at radius 1 is 1.24 bits per heavy atom. The molecule has 0 spiro atoms. The molecule has 108 valence electrons. The minimum Gasteiger partial charge on any atom is -0.484 e. The van der Waals surface area contributed by atoms with Gasteiger partial charge in [0.25, 0.3) is 0 Å². The molecule has 1 unspecified atom stereocenters. The molecule has 2 rings (SSSR count). The van der Waals surface area contributed by atoms with Crippen LogP contribution in [0.15, 0.2) is 54.6 Å². The number of carboxylic acid groups (broad SMARTS) is 1. The molecule has 0 heterocycles. The molecule has 0 aliphatic carbocycles. The molecule has 3 nitrogen and oxygen atoms in total. The Labute approximate surface area is 128 Å². The number of hydrogen-bond donors (Lipinski definition) is 1. The lowest BCUT2D eigenvalue weighted by atomic mass is 10.1. The predicted molar refractivity (Wildman–Crippen MR) is 83.6 cm³/mol. The van der Waals surface area contributed by atoms with Crippen LogP contribution < -0.4 is 4.74 Å². The van der Waals surface area contributed by atoms with E-state index in [2.05, 4.69) is 0 Å². The van der Waals surface area contributed by atoms with Crippen molar-refractivity contribution >= 4 is 23.6 Å². The van der Waals surface area contributed by atoms with Crippen molar-refractivity contribution < 1.29 is 14.6 Å². The van der Waals surface area contributed by atoms with Crippen molar-refractivity contribution in [3.63, 3.8) is 0 Å². The molecule has 0 amide bonds. The van der Waals surface area contributed by atoms with Gasteiger partial charge in [-0.15, -0.1) is 0 Å². The van der Waals surface area contributed by atoms with E-state index in [4.69, 9.17) is 21.4 Å². The summed E-state index contributed by atoms with van der Waals surface area (Å²) in [6.07, 6.45) is 2.43. The number of ether oxygens (including phenoxy) is 1. The van der Waals surface area contributed by atoms with Crippen molar-refractivity contribution in [3.8, 4) is 5.75 Å². The van der Waals surface area contributed by atoms with E-state index in [-0.39, 0.29) is 6.10 Å². The summed E-state index contributed by atoms with van der Waals surface area (Å²) in [5, 5.41) is 9.05. The predicted octanol–water partition coefficient (Wildman–Crippen LogP) is 4.58. The Morgan fingerprint density at radius 2 is 1.95 bits per heavy atom. The van der Waals surface area contributed by atoms with Gasteiger partial charge in [0.2, 0.25) is 0 Å². The second-order valence-electron chi connectivity index (χ2n) is 4.53. The van der Waals surface area contributed by atoms with Crippen molar-refractivity contribution in [1.29, 1.82) is 0 Å². The zero-order chi connectivity index (χ0) is 15.2. The van der Waals surface area contributed by atoms with Gasteiger partial charge in [0, 0.05) is 6.08 Å². The van der Waals surface area contributed by atoms with E-state index in [1.807, 2.05) is 37.3 Å². The number of rotatable bonds is 5. The third kappa shape index (κ3) is 4.36. The van der Waals surface area contributed by atoms with Crippen LogP contribution in [-0.2, 0) is 4.79 Å². The average molecular weight is 303 g/mol. The van der Waals surface area contributed by atoms with Gasteiger partial charge in [-0.3, -0.25) is 0 Å². The molecule has 1 N–H and O–H groups in total.